The highest BCUT2D eigenvalue weighted by Crippen LogP contribution is 2.22. The van der Waals surface area contributed by atoms with Crippen LogP contribution in [-0.4, -0.2) is 19.3 Å². The van der Waals surface area contributed by atoms with Gasteiger partial charge in [0.15, 0.2) is 0 Å². The van der Waals surface area contributed by atoms with Crippen LogP contribution in [0.5, 0.6) is 0 Å². The SMILES string of the molecule is NNC(Cc1ccc(F)cc1F)C1CCOCC1. The van der Waals surface area contributed by atoms with Gasteiger partial charge in [0.05, 0.1) is 0 Å². The maximum atomic E-state index is 13.6. The van der Waals surface area contributed by atoms with E-state index in [1.54, 1.807) is 0 Å². The third kappa shape index (κ3) is 3.25. The van der Waals surface area contributed by atoms with Crippen LogP contribution in [-0.2, 0) is 11.2 Å². The van der Waals surface area contributed by atoms with E-state index in [1.165, 1.54) is 12.1 Å². The molecule has 0 saturated carbocycles. The van der Waals surface area contributed by atoms with Crippen molar-refractivity contribution in [3.05, 3.63) is 35.4 Å². The molecule has 1 aliphatic heterocycles. The maximum Gasteiger partial charge on any atom is 0.129 e. The topological polar surface area (TPSA) is 47.3 Å². The van der Waals surface area contributed by atoms with Gasteiger partial charge in [-0.2, -0.15) is 0 Å². The van der Waals surface area contributed by atoms with Crippen molar-refractivity contribution in [3.63, 3.8) is 0 Å². The lowest BCUT2D eigenvalue weighted by Gasteiger charge is -2.30. The Bertz CT molecular complexity index is 395. The predicted molar refractivity (Wildman–Crippen MR) is 64.7 cm³/mol. The van der Waals surface area contributed by atoms with Crippen LogP contribution in [0, 0.1) is 17.6 Å². The zero-order valence-corrected chi connectivity index (χ0v) is 10.2. The number of nitrogens with one attached hydrogen (secondary N) is 1. The van der Waals surface area contributed by atoms with Gasteiger partial charge in [-0.15, -0.1) is 0 Å². The molecule has 0 aromatic heterocycles. The Morgan fingerprint density at radius 1 is 1.33 bits per heavy atom. The first kappa shape index (κ1) is 13.4. The van der Waals surface area contributed by atoms with E-state index in [4.69, 9.17) is 10.6 Å². The number of nitrogens with two attached hydrogens (primary N) is 1. The van der Waals surface area contributed by atoms with Crippen LogP contribution >= 0.6 is 0 Å². The van der Waals surface area contributed by atoms with Gasteiger partial charge in [-0.3, -0.25) is 11.3 Å². The van der Waals surface area contributed by atoms with E-state index in [1.807, 2.05) is 0 Å². The molecule has 3 N–H and O–H groups in total. The molecule has 5 heteroatoms. The number of benzene rings is 1. The van der Waals surface area contributed by atoms with Gasteiger partial charge < -0.3 is 4.74 Å². The van der Waals surface area contributed by atoms with E-state index < -0.39 is 11.6 Å². The standard InChI is InChI=1S/C13H18F2N2O/c14-11-2-1-10(12(15)8-11)7-13(17-16)9-3-5-18-6-4-9/h1-2,8-9,13,17H,3-7,16H2. The monoisotopic (exact) mass is 256 g/mol. The summed E-state index contributed by atoms with van der Waals surface area (Å²) in [5.41, 5.74) is 3.24. The molecular weight excluding hydrogens is 238 g/mol. The van der Waals surface area contributed by atoms with Gasteiger partial charge in [-0.25, -0.2) is 8.78 Å². The molecule has 100 valence electrons. The summed E-state index contributed by atoms with van der Waals surface area (Å²) in [5.74, 6) is 4.85. The van der Waals surface area contributed by atoms with Gasteiger partial charge in [-0.05, 0) is 36.8 Å². The van der Waals surface area contributed by atoms with E-state index >= 15 is 0 Å². The van der Waals surface area contributed by atoms with Crippen molar-refractivity contribution in [2.45, 2.75) is 25.3 Å². The first-order valence-corrected chi connectivity index (χ1v) is 6.18. The fourth-order valence-electron chi connectivity index (χ4n) is 2.40. The van der Waals surface area contributed by atoms with Crippen LogP contribution < -0.4 is 11.3 Å². The number of rotatable bonds is 4. The van der Waals surface area contributed by atoms with Crippen molar-refractivity contribution >= 4 is 0 Å². The molecule has 1 aromatic carbocycles. The Hall–Kier alpha value is -1.04. The van der Waals surface area contributed by atoms with Gasteiger partial charge in [0, 0.05) is 25.3 Å². The van der Waals surface area contributed by atoms with Crippen molar-refractivity contribution in [1.82, 2.24) is 5.43 Å². The summed E-state index contributed by atoms with van der Waals surface area (Å²) in [6.07, 6.45) is 2.29. The molecule has 0 aliphatic carbocycles. The predicted octanol–water partition coefficient (Wildman–Crippen LogP) is 1.77. The molecule has 3 nitrogen and oxygen atoms in total. The van der Waals surface area contributed by atoms with Crippen LogP contribution in [0.4, 0.5) is 8.78 Å². The van der Waals surface area contributed by atoms with Crippen LogP contribution in [0.3, 0.4) is 0 Å². The van der Waals surface area contributed by atoms with E-state index in [2.05, 4.69) is 5.43 Å². The zero-order valence-electron chi connectivity index (χ0n) is 10.2. The second-order valence-corrected chi connectivity index (χ2v) is 4.66. The fourth-order valence-corrected chi connectivity index (χ4v) is 2.40. The average molecular weight is 256 g/mol. The minimum absolute atomic E-state index is 0.00568. The van der Waals surface area contributed by atoms with Crippen LogP contribution in [0.15, 0.2) is 18.2 Å². The van der Waals surface area contributed by atoms with E-state index in [-0.39, 0.29) is 6.04 Å². The van der Waals surface area contributed by atoms with Crippen molar-refractivity contribution in [3.8, 4) is 0 Å². The van der Waals surface area contributed by atoms with E-state index in [0.717, 1.165) is 32.1 Å². The Labute approximate surface area is 105 Å². The Kier molecular flexibility index (Phi) is 4.63. The van der Waals surface area contributed by atoms with E-state index in [0.29, 0.717) is 17.9 Å². The molecule has 1 saturated heterocycles. The molecule has 1 unspecified atom stereocenters. The molecule has 0 spiro atoms. The van der Waals surface area contributed by atoms with Gasteiger partial charge in [0.25, 0.3) is 0 Å². The van der Waals surface area contributed by atoms with Crippen molar-refractivity contribution in [2.24, 2.45) is 11.8 Å². The van der Waals surface area contributed by atoms with Crippen molar-refractivity contribution < 1.29 is 13.5 Å². The number of hydrogen-bond acceptors (Lipinski definition) is 3. The zero-order chi connectivity index (χ0) is 13.0. The number of hydrogen-bond donors (Lipinski definition) is 2. The lowest BCUT2D eigenvalue weighted by molar-refractivity contribution is 0.0537. The molecule has 1 fully saturated rings. The number of halogens is 2. The molecule has 0 bridgehead atoms. The average Bonchev–Trinajstić information content (AvgIpc) is 2.39. The molecule has 1 atom stereocenters. The summed E-state index contributed by atoms with van der Waals surface area (Å²) in [7, 11) is 0. The van der Waals surface area contributed by atoms with Crippen LogP contribution in [0.1, 0.15) is 18.4 Å². The first-order valence-electron chi connectivity index (χ1n) is 6.18. The highest BCUT2D eigenvalue weighted by Gasteiger charge is 2.24. The van der Waals surface area contributed by atoms with Crippen LogP contribution in [0.2, 0.25) is 0 Å². The van der Waals surface area contributed by atoms with Gasteiger partial charge in [0.2, 0.25) is 0 Å². The molecule has 0 radical (unpaired) electrons. The molecular formula is C13H18F2N2O. The Morgan fingerprint density at radius 2 is 2.06 bits per heavy atom. The largest absolute Gasteiger partial charge is 0.381 e. The molecule has 0 amide bonds. The lowest BCUT2D eigenvalue weighted by Crippen LogP contribution is -2.44. The second-order valence-electron chi connectivity index (χ2n) is 4.66. The normalized spacial score (nSPS) is 18.8. The molecule has 1 aromatic rings. The maximum absolute atomic E-state index is 13.6. The highest BCUT2D eigenvalue weighted by atomic mass is 19.1. The summed E-state index contributed by atoms with van der Waals surface area (Å²) in [5, 5.41) is 0. The number of ether oxygens (including phenoxy) is 1. The lowest BCUT2D eigenvalue weighted by atomic mass is 9.88. The third-order valence-corrected chi connectivity index (χ3v) is 3.50. The quantitative estimate of drug-likeness (QED) is 0.637. The highest BCUT2D eigenvalue weighted by molar-refractivity contribution is 5.19. The third-order valence-electron chi connectivity index (χ3n) is 3.50. The summed E-state index contributed by atoms with van der Waals surface area (Å²) < 4.78 is 31.7. The molecule has 18 heavy (non-hydrogen) atoms. The minimum Gasteiger partial charge on any atom is -0.381 e. The van der Waals surface area contributed by atoms with Crippen molar-refractivity contribution in [2.75, 3.05) is 13.2 Å². The summed E-state index contributed by atoms with van der Waals surface area (Å²) in [6, 6.07) is 3.66. The molecule has 1 aliphatic rings. The first-order chi connectivity index (χ1) is 8.70. The van der Waals surface area contributed by atoms with Gasteiger partial charge in [0.1, 0.15) is 11.6 Å². The van der Waals surface area contributed by atoms with Crippen LogP contribution in [0.25, 0.3) is 0 Å². The molecule has 1 heterocycles. The smallest absolute Gasteiger partial charge is 0.129 e. The second kappa shape index (κ2) is 6.22. The summed E-state index contributed by atoms with van der Waals surface area (Å²) in [6.45, 7) is 1.43. The summed E-state index contributed by atoms with van der Waals surface area (Å²) >= 11 is 0. The fraction of sp³-hybridized carbons (Fsp3) is 0.538. The van der Waals surface area contributed by atoms with Gasteiger partial charge in [-0.1, -0.05) is 6.07 Å². The van der Waals surface area contributed by atoms with E-state index in [9.17, 15) is 8.78 Å². The van der Waals surface area contributed by atoms with Gasteiger partial charge >= 0.3 is 0 Å². The number of hydrazine groups is 1. The Balaban J connectivity index is 2.04. The molecule has 2 rings (SSSR count). The minimum atomic E-state index is -0.556. The summed E-state index contributed by atoms with van der Waals surface area (Å²) in [4.78, 5) is 0. The Morgan fingerprint density at radius 3 is 2.67 bits per heavy atom. The van der Waals surface area contributed by atoms with Crippen molar-refractivity contribution in [1.29, 1.82) is 0 Å².